The van der Waals surface area contributed by atoms with E-state index in [0.717, 1.165) is 11.2 Å². The normalized spacial score (nSPS) is 24.4. The zero-order chi connectivity index (χ0) is 17.2. The van der Waals surface area contributed by atoms with Crippen molar-refractivity contribution in [3.63, 3.8) is 0 Å². The topological polar surface area (TPSA) is 27.7 Å². The third kappa shape index (κ3) is 3.97. The highest BCUT2D eigenvalue weighted by Gasteiger charge is 2.51. The van der Waals surface area contributed by atoms with Crippen molar-refractivity contribution >= 4 is 12.6 Å². The van der Waals surface area contributed by atoms with Gasteiger partial charge in [0.2, 0.25) is 0 Å². The smallest absolute Gasteiger partial charge is 0.490 e. The molecule has 4 heteroatoms. The molecule has 2 aliphatic rings. The number of rotatable bonds is 3. The summed E-state index contributed by atoms with van der Waals surface area (Å²) < 4.78 is 18.6. The van der Waals surface area contributed by atoms with Gasteiger partial charge in [0.25, 0.3) is 0 Å². The quantitative estimate of drug-likeness (QED) is 0.765. The fourth-order valence-electron chi connectivity index (χ4n) is 3.44. The molecule has 1 heterocycles. The zero-order valence-electron chi connectivity index (χ0n) is 15.6. The fraction of sp³-hybridized carbons (Fsp3) is 0.700. The van der Waals surface area contributed by atoms with Crippen molar-refractivity contribution in [3.8, 4) is 5.75 Å². The van der Waals surface area contributed by atoms with Crippen molar-refractivity contribution in [3.05, 3.63) is 24.3 Å². The second-order valence-corrected chi connectivity index (χ2v) is 8.25. The molecule has 3 rings (SSSR count). The Labute approximate surface area is 147 Å². The molecule has 3 nitrogen and oxygen atoms in total. The lowest BCUT2D eigenvalue weighted by Gasteiger charge is -2.32. The minimum absolute atomic E-state index is 0.311. The van der Waals surface area contributed by atoms with Gasteiger partial charge in [-0.3, -0.25) is 0 Å². The first kappa shape index (κ1) is 17.8. The van der Waals surface area contributed by atoms with Crippen LogP contribution in [0.3, 0.4) is 0 Å². The molecule has 0 N–H and O–H groups in total. The molecular weight excluding hydrogens is 299 g/mol. The Morgan fingerprint density at radius 2 is 1.50 bits per heavy atom. The van der Waals surface area contributed by atoms with Crippen molar-refractivity contribution < 1.29 is 14.0 Å². The third-order valence-corrected chi connectivity index (χ3v) is 5.74. The first-order valence-electron chi connectivity index (χ1n) is 9.50. The lowest BCUT2D eigenvalue weighted by atomic mass is 9.79. The molecule has 0 amide bonds. The van der Waals surface area contributed by atoms with Crippen LogP contribution in [0.15, 0.2) is 24.3 Å². The zero-order valence-corrected chi connectivity index (χ0v) is 15.6. The van der Waals surface area contributed by atoms with Crippen LogP contribution < -0.4 is 10.2 Å². The predicted molar refractivity (Wildman–Crippen MR) is 98.9 cm³/mol. The summed E-state index contributed by atoms with van der Waals surface area (Å²) in [6.07, 6.45) is 9.30. The van der Waals surface area contributed by atoms with Crippen LogP contribution in [0.5, 0.6) is 5.75 Å². The minimum atomic E-state index is -0.323. The van der Waals surface area contributed by atoms with Crippen LogP contribution in [-0.4, -0.2) is 24.4 Å². The monoisotopic (exact) mass is 330 g/mol. The van der Waals surface area contributed by atoms with E-state index in [2.05, 4.69) is 39.8 Å². The second-order valence-electron chi connectivity index (χ2n) is 8.25. The van der Waals surface area contributed by atoms with E-state index in [1.165, 1.54) is 44.9 Å². The van der Waals surface area contributed by atoms with Gasteiger partial charge >= 0.3 is 7.12 Å². The van der Waals surface area contributed by atoms with E-state index < -0.39 is 0 Å². The Morgan fingerprint density at radius 3 is 2.12 bits per heavy atom. The van der Waals surface area contributed by atoms with Crippen LogP contribution in [0.25, 0.3) is 0 Å². The molecule has 1 aromatic carbocycles. The third-order valence-electron chi connectivity index (χ3n) is 5.74. The Balaban J connectivity index is 1.68. The molecular formula is C20H31BO3. The van der Waals surface area contributed by atoms with Gasteiger partial charge < -0.3 is 14.0 Å². The van der Waals surface area contributed by atoms with Gasteiger partial charge in [0.05, 0.1) is 17.3 Å². The summed E-state index contributed by atoms with van der Waals surface area (Å²) in [6.45, 7) is 8.34. The van der Waals surface area contributed by atoms with Crippen LogP contribution in [0.4, 0.5) is 0 Å². The fourth-order valence-corrected chi connectivity index (χ4v) is 3.44. The highest BCUT2D eigenvalue weighted by molar-refractivity contribution is 6.62. The van der Waals surface area contributed by atoms with Crippen LogP contribution in [0.2, 0.25) is 0 Å². The molecule has 0 aromatic heterocycles. The van der Waals surface area contributed by atoms with Crippen LogP contribution in [0, 0.1) is 0 Å². The summed E-state index contributed by atoms with van der Waals surface area (Å²) >= 11 is 0. The molecule has 0 atom stereocenters. The molecule has 1 saturated heterocycles. The van der Waals surface area contributed by atoms with Crippen LogP contribution in [-0.2, 0) is 9.31 Å². The van der Waals surface area contributed by atoms with Gasteiger partial charge in [-0.15, -0.1) is 0 Å². The van der Waals surface area contributed by atoms with Gasteiger partial charge in [-0.1, -0.05) is 31.4 Å². The van der Waals surface area contributed by atoms with E-state index >= 15 is 0 Å². The number of ether oxygens (including phenoxy) is 1. The van der Waals surface area contributed by atoms with E-state index in [-0.39, 0.29) is 18.3 Å². The Bertz CT molecular complexity index is 532. The van der Waals surface area contributed by atoms with Crippen molar-refractivity contribution in [1.82, 2.24) is 0 Å². The molecule has 1 aromatic rings. The lowest BCUT2D eigenvalue weighted by Crippen LogP contribution is -2.41. The molecule has 1 saturated carbocycles. The van der Waals surface area contributed by atoms with Gasteiger partial charge in [0.15, 0.2) is 0 Å². The number of hydrogen-bond donors (Lipinski definition) is 0. The van der Waals surface area contributed by atoms with Crippen molar-refractivity contribution in [1.29, 1.82) is 0 Å². The number of hydrogen-bond acceptors (Lipinski definition) is 3. The second kappa shape index (κ2) is 7.09. The minimum Gasteiger partial charge on any atom is -0.490 e. The summed E-state index contributed by atoms with van der Waals surface area (Å²) in [5.41, 5.74) is 0.416. The molecule has 1 aliphatic carbocycles. The molecule has 0 bridgehead atoms. The van der Waals surface area contributed by atoms with E-state index in [1.807, 2.05) is 12.1 Å². The Kier molecular flexibility index (Phi) is 5.26. The van der Waals surface area contributed by atoms with Crippen molar-refractivity contribution in [2.24, 2.45) is 0 Å². The van der Waals surface area contributed by atoms with Gasteiger partial charge in [0, 0.05) is 0 Å². The SMILES string of the molecule is CC1(C)OB(c2cccc(OC3CCCCCCC3)c2)OC1(C)C. The van der Waals surface area contributed by atoms with Gasteiger partial charge in [-0.25, -0.2) is 0 Å². The molecule has 132 valence electrons. The first-order chi connectivity index (χ1) is 11.4. The summed E-state index contributed by atoms with van der Waals surface area (Å²) in [7, 11) is -0.323. The van der Waals surface area contributed by atoms with Gasteiger partial charge in [-0.2, -0.15) is 0 Å². The molecule has 0 unspecified atom stereocenters. The molecule has 2 fully saturated rings. The first-order valence-corrected chi connectivity index (χ1v) is 9.50. The Morgan fingerprint density at radius 1 is 0.917 bits per heavy atom. The maximum absolute atomic E-state index is 6.28. The average Bonchev–Trinajstić information content (AvgIpc) is 2.71. The predicted octanol–water partition coefficient (Wildman–Crippen LogP) is 4.48. The van der Waals surface area contributed by atoms with E-state index in [4.69, 9.17) is 14.0 Å². The van der Waals surface area contributed by atoms with Crippen molar-refractivity contribution in [2.45, 2.75) is 89.9 Å². The summed E-state index contributed by atoms with van der Waals surface area (Å²) in [5, 5.41) is 0. The summed E-state index contributed by atoms with van der Waals surface area (Å²) in [6, 6.07) is 8.24. The summed E-state index contributed by atoms with van der Waals surface area (Å²) in [5.74, 6) is 0.938. The maximum atomic E-state index is 6.28. The van der Waals surface area contributed by atoms with E-state index in [0.29, 0.717) is 6.10 Å². The van der Waals surface area contributed by atoms with Crippen molar-refractivity contribution in [2.75, 3.05) is 0 Å². The summed E-state index contributed by atoms with van der Waals surface area (Å²) in [4.78, 5) is 0. The highest BCUT2D eigenvalue weighted by atomic mass is 16.7. The molecule has 0 radical (unpaired) electrons. The Hall–Kier alpha value is -0.995. The average molecular weight is 330 g/mol. The van der Waals surface area contributed by atoms with E-state index in [9.17, 15) is 0 Å². The lowest BCUT2D eigenvalue weighted by molar-refractivity contribution is 0.00578. The van der Waals surface area contributed by atoms with Gasteiger partial charge in [0.1, 0.15) is 5.75 Å². The number of benzene rings is 1. The highest BCUT2D eigenvalue weighted by Crippen LogP contribution is 2.36. The van der Waals surface area contributed by atoms with E-state index in [1.54, 1.807) is 0 Å². The molecule has 24 heavy (non-hydrogen) atoms. The van der Waals surface area contributed by atoms with Crippen LogP contribution in [0.1, 0.15) is 72.6 Å². The van der Waals surface area contributed by atoms with Gasteiger partial charge in [-0.05, 0) is 71.0 Å². The maximum Gasteiger partial charge on any atom is 0.494 e. The largest absolute Gasteiger partial charge is 0.494 e. The van der Waals surface area contributed by atoms with Crippen LogP contribution >= 0.6 is 0 Å². The molecule has 1 aliphatic heterocycles. The molecule has 0 spiro atoms. The standard InChI is InChI=1S/C20H31BO3/c1-19(2)20(3,4)24-21(23-19)16-11-10-14-18(15-16)22-17-12-8-6-5-7-9-13-17/h10-11,14-15,17H,5-9,12-13H2,1-4H3.